The fourth-order valence-electron chi connectivity index (χ4n) is 5.34. The van der Waals surface area contributed by atoms with Crippen molar-refractivity contribution in [3.63, 3.8) is 0 Å². The normalized spacial score (nSPS) is 35.0. The summed E-state index contributed by atoms with van der Waals surface area (Å²) in [7, 11) is 0. The molecule has 2 heterocycles. The lowest BCUT2D eigenvalue weighted by molar-refractivity contribution is -0.0441. The van der Waals surface area contributed by atoms with Crippen LogP contribution in [0.15, 0.2) is 0 Å². The van der Waals surface area contributed by atoms with Crippen LogP contribution in [0, 0.1) is 17.3 Å². The van der Waals surface area contributed by atoms with Crippen molar-refractivity contribution in [2.24, 2.45) is 17.3 Å². The SMILES string of the molecule is CC(C)(C)C1CC2CCC(OCCCO)NC2N1CC1CCCCC1. The molecular formula is C21H40N2O2. The first-order valence-electron chi connectivity index (χ1n) is 10.7. The third-order valence-electron chi connectivity index (χ3n) is 6.70. The summed E-state index contributed by atoms with van der Waals surface area (Å²) < 4.78 is 5.99. The van der Waals surface area contributed by atoms with Crippen LogP contribution >= 0.6 is 0 Å². The highest BCUT2D eigenvalue weighted by Crippen LogP contribution is 2.43. The zero-order valence-electron chi connectivity index (χ0n) is 16.7. The maximum absolute atomic E-state index is 8.99. The van der Waals surface area contributed by atoms with Gasteiger partial charge in [0.1, 0.15) is 6.23 Å². The van der Waals surface area contributed by atoms with E-state index in [0.29, 0.717) is 24.2 Å². The van der Waals surface area contributed by atoms with E-state index in [1.165, 1.54) is 51.5 Å². The van der Waals surface area contributed by atoms with Crippen molar-refractivity contribution in [2.75, 3.05) is 19.8 Å². The Balaban J connectivity index is 1.65. The van der Waals surface area contributed by atoms with Gasteiger partial charge in [-0.3, -0.25) is 10.2 Å². The molecule has 0 spiro atoms. The summed E-state index contributed by atoms with van der Waals surface area (Å²) in [4.78, 5) is 2.82. The lowest BCUT2D eigenvalue weighted by Crippen LogP contribution is -2.56. The van der Waals surface area contributed by atoms with Gasteiger partial charge in [-0.05, 0) is 55.8 Å². The number of hydrogen-bond donors (Lipinski definition) is 2. The zero-order chi connectivity index (χ0) is 17.9. The number of ether oxygens (including phenoxy) is 1. The number of nitrogens with one attached hydrogen (secondary N) is 1. The van der Waals surface area contributed by atoms with Crippen LogP contribution in [0.25, 0.3) is 0 Å². The van der Waals surface area contributed by atoms with Crippen LogP contribution in [0.4, 0.5) is 0 Å². The molecule has 4 nitrogen and oxygen atoms in total. The van der Waals surface area contributed by atoms with Crippen LogP contribution in [-0.2, 0) is 4.74 Å². The van der Waals surface area contributed by atoms with E-state index in [-0.39, 0.29) is 12.8 Å². The molecule has 3 fully saturated rings. The number of aliphatic hydroxyl groups is 1. The van der Waals surface area contributed by atoms with Crippen molar-refractivity contribution in [3.8, 4) is 0 Å². The molecule has 4 heteroatoms. The molecule has 3 rings (SSSR count). The van der Waals surface area contributed by atoms with Crippen molar-refractivity contribution in [2.45, 2.75) is 97.0 Å². The van der Waals surface area contributed by atoms with Gasteiger partial charge in [-0.15, -0.1) is 0 Å². The van der Waals surface area contributed by atoms with Crippen molar-refractivity contribution >= 4 is 0 Å². The zero-order valence-corrected chi connectivity index (χ0v) is 16.7. The largest absolute Gasteiger partial charge is 0.396 e. The Hall–Kier alpha value is -0.160. The second-order valence-electron chi connectivity index (χ2n) is 9.70. The Morgan fingerprint density at radius 2 is 1.84 bits per heavy atom. The molecule has 25 heavy (non-hydrogen) atoms. The number of hydrogen-bond acceptors (Lipinski definition) is 4. The summed E-state index contributed by atoms with van der Waals surface area (Å²) in [6.07, 6.45) is 12.2. The predicted octanol–water partition coefficient (Wildman–Crippen LogP) is 3.74. The summed E-state index contributed by atoms with van der Waals surface area (Å²) in [5, 5.41) is 12.8. The lowest BCUT2D eigenvalue weighted by atomic mass is 9.82. The minimum Gasteiger partial charge on any atom is -0.396 e. The Kier molecular flexibility index (Phi) is 6.81. The van der Waals surface area contributed by atoms with Gasteiger partial charge in [0.05, 0.1) is 12.8 Å². The van der Waals surface area contributed by atoms with E-state index >= 15 is 0 Å². The van der Waals surface area contributed by atoms with E-state index in [9.17, 15) is 0 Å². The number of piperidine rings is 1. The van der Waals surface area contributed by atoms with Crippen LogP contribution in [0.1, 0.15) is 78.6 Å². The Morgan fingerprint density at radius 3 is 2.52 bits per heavy atom. The first-order chi connectivity index (χ1) is 12.0. The smallest absolute Gasteiger partial charge is 0.109 e. The van der Waals surface area contributed by atoms with E-state index in [1.807, 2.05) is 0 Å². The molecule has 3 aliphatic rings. The molecule has 2 N–H and O–H groups in total. The highest BCUT2D eigenvalue weighted by atomic mass is 16.5. The first kappa shape index (κ1) is 19.6. The molecule has 0 radical (unpaired) electrons. The third kappa shape index (κ3) is 4.97. The molecule has 1 saturated carbocycles. The topological polar surface area (TPSA) is 44.7 Å². The van der Waals surface area contributed by atoms with E-state index in [2.05, 4.69) is 31.0 Å². The van der Waals surface area contributed by atoms with Gasteiger partial charge in [-0.25, -0.2) is 0 Å². The molecule has 0 bridgehead atoms. The third-order valence-corrected chi connectivity index (χ3v) is 6.70. The van der Waals surface area contributed by atoms with E-state index < -0.39 is 0 Å². The Labute approximate surface area is 154 Å². The first-order valence-corrected chi connectivity index (χ1v) is 10.7. The number of fused-ring (bicyclic) bond motifs is 1. The summed E-state index contributed by atoms with van der Waals surface area (Å²) >= 11 is 0. The average molecular weight is 353 g/mol. The van der Waals surface area contributed by atoms with Gasteiger partial charge in [0.25, 0.3) is 0 Å². The van der Waals surface area contributed by atoms with Crippen LogP contribution < -0.4 is 5.32 Å². The number of nitrogens with zero attached hydrogens (tertiary/aromatic N) is 1. The predicted molar refractivity (Wildman–Crippen MR) is 102 cm³/mol. The Bertz CT molecular complexity index is 403. The molecule has 0 amide bonds. The monoisotopic (exact) mass is 352 g/mol. The number of likely N-dealkylation sites (tertiary alicyclic amines) is 1. The fraction of sp³-hybridized carbons (Fsp3) is 1.00. The maximum atomic E-state index is 8.99. The average Bonchev–Trinajstić information content (AvgIpc) is 2.94. The van der Waals surface area contributed by atoms with Gasteiger partial charge in [0.15, 0.2) is 0 Å². The molecule has 4 unspecified atom stereocenters. The summed E-state index contributed by atoms with van der Waals surface area (Å²) in [6, 6.07) is 0.674. The van der Waals surface area contributed by atoms with E-state index in [1.54, 1.807) is 0 Å². The highest BCUT2D eigenvalue weighted by Gasteiger charge is 2.48. The number of aliphatic hydroxyl groups excluding tert-OH is 1. The summed E-state index contributed by atoms with van der Waals surface area (Å²) in [5.74, 6) is 1.65. The molecule has 4 atom stereocenters. The van der Waals surface area contributed by atoms with E-state index in [0.717, 1.165) is 24.7 Å². The summed E-state index contributed by atoms with van der Waals surface area (Å²) in [5.41, 5.74) is 0.334. The van der Waals surface area contributed by atoms with Crippen molar-refractivity contribution in [1.82, 2.24) is 10.2 Å². The highest BCUT2D eigenvalue weighted by molar-refractivity contribution is 5.00. The van der Waals surface area contributed by atoms with Crippen LogP contribution in [0.3, 0.4) is 0 Å². The summed E-state index contributed by atoms with van der Waals surface area (Å²) in [6.45, 7) is 9.39. The van der Waals surface area contributed by atoms with Gasteiger partial charge in [-0.1, -0.05) is 40.0 Å². The van der Waals surface area contributed by atoms with Crippen LogP contribution in [-0.4, -0.2) is 48.2 Å². The molecule has 0 aromatic carbocycles. The maximum Gasteiger partial charge on any atom is 0.109 e. The van der Waals surface area contributed by atoms with Gasteiger partial charge < -0.3 is 9.84 Å². The molecule has 0 aromatic rings. The minimum absolute atomic E-state index is 0.167. The molecule has 1 aliphatic carbocycles. The van der Waals surface area contributed by atoms with Gasteiger partial charge >= 0.3 is 0 Å². The molecular weight excluding hydrogens is 312 g/mol. The molecule has 146 valence electrons. The standard InChI is InChI=1S/C21H40N2O2/c1-21(2,3)18-14-17-10-11-19(25-13-7-12-24)22-20(17)23(18)15-16-8-5-4-6-9-16/h16-20,22,24H,4-15H2,1-3H3. The lowest BCUT2D eigenvalue weighted by Gasteiger charge is -2.43. The van der Waals surface area contributed by atoms with Crippen LogP contribution in [0.5, 0.6) is 0 Å². The second kappa shape index (κ2) is 8.69. The van der Waals surface area contributed by atoms with Gasteiger partial charge in [0, 0.05) is 19.2 Å². The molecule has 0 aromatic heterocycles. The fourth-order valence-corrected chi connectivity index (χ4v) is 5.34. The van der Waals surface area contributed by atoms with Gasteiger partial charge in [-0.2, -0.15) is 0 Å². The van der Waals surface area contributed by atoms with Gasteiger partial charge in [0.2, 0.25) is 0 Å². The molecule has 2 saturated heterocycles. The Morgan fingerprint density at radius 1 is 1.08 bits per heavy atom. The number of rotatable bonds is 6. The second-order valence-corrected chi connectivity index (χ2v) is 9.70. The van der Waals surface area contributed by atoms with Crippen LogP contribution in [0.2, 0.25) is 0 Å². The van der Waals surface area contributed by atoms with E-state index in [4.69, 9.17) is 9.84 Å². The quantitative estimate of drug-likeness (QED) is 0.715. The van der Waals surface area contributed by atoms with Crippen molar-refractivity contribution < 1.29 is 9.84 Å². The minimum atomic E-state index is 0.167. The van der Waals surface area contributed by atoms with Crippen molar-refractivity contribution in [1.29, 1.82) is 0 Å². The van der Waals surface area contributed by atoms with Crippen molar-refractivity contribution in [3.05, 3.63) is 0 Å². The molecule has 2 aliphatic heterocycles.